The summed E-state index contributed by atoms with van der Waals surface area (Å²) < 4.78 is 7.21. The summed E-state index contributed by atoms with van der Waals surface area (Å²) >= 11 is 3.68. The van der Waals surface area contributed by atoms with Gasteiger partial charge < -0.3 is 9.64 Å². The first kappa shape index (κ1) is 24.1. The van der Waals surface area contributed by atoms with Gasteiger partial charge in [0.2, 0.25) is 5.91 Å². The molecule has 0 spiro atoms. The van der Waals surface area contributed by atoms with Crippen LogP contribution in [0.25, 0.3) is 0 Å². The van der Waals surface area contributed by atoms with Gasteiger partial charge in [0.05, 0.1) is 4.47 Å². The Bertz CT molecular complexity index is 994. The largest absolute Gasteiger partial charge is 0.487 e. The zero-order chi connectivity index (χ0) is 23.1. The second-order valence-corrected chi connectivity index (χ2v) is 9.44. The van der Waals surface area contributed by atoms with E-state index in [9.17, 15) is 4.79 Å². The third kappa shape index (κ3) is 6.01. The molecule has 0 bridgehead atoms. The molecule has 0 unspecified atom stereocenters. The Morgan fingerprint density at radius 3 is 2.03 bits per heavy atom. The topological polar surface area (TPSA) is 29.5 Å². The van der Waals surface area contributed by atoms with Crippen molar-refractivity contribution in [1.29, 1.82) is 0 Å². The van der Waals surface area contributed by atoms with Gasteiger partial charge in [-0.15, -0.1) is 0 Å². The van der Waals surface area contributed by atoms with Gasteiger partial charge in [-0.3, -0.25) is 4.79 Å². The second-order valence-electron chi connectivity index (χ2n) is 8.59. The minimum absolute atomic E-state index is 0.105. The van der Waals surface area contributed by atoms with Crippen LogP contribution in [0.5, 0.6) is 5.75 Å². The number of benzene rings is 3. The first-order valence-corrected chi connectivity index (χ1v) is 12.0. The minimum atomic E-state index is -0.105. The molecule has 32 heavy (non-hydrogen) atoms. The van der Waals surface area contributed by atoms with E-state index in [0.717, 1.165) is 26.9 Å². The third-order valence-corrected chi connectivity index (χ3v) is 6.20. The quantitative estimate of drug-likeness (QED) is 0.315. The number of carbonyl (C=O) groups is 1. The summed E-state index contributed by atoms with van der Waals surface area (Å²) in [4.78, 5) is 15.4. The van der Waals surface area contributed by atoms with Crippen molar-refractivity contribution in [3.8, 4) is 5.75 Å². The number of para-hydroxylation sites is 1. The van der Waals surface area contributed by atoms with E-state index in [2.05, 4.69) is 74.0 Å². The number of amides is 1. The van der Waals surface area contributed by atoms with Gasteiger partial charge in [-0.25, -0.2) is 0 Å². The highest BCUT2D eigenvalue weighted by atomic mass is 79.9. The molecule has 4 heteroatoms. The number of hydrogen-bond acceptors (Lipinski definition) is 2. The van der Waals surface area contributed by atoms with E-state index in [0.29, 0.717) is 13.0 Å². The van der Waals surface area contributed by atoms with Crippen LogP contribution in [0, 0.1) is 0 Å². The zero-order valence-corrected chi connectivity index (χ0v) is 20.9. The molecule has 0 aromatic heterocycles. The fraction of sp³-hybridized carbons (Fsp3) is 0.321. The van der Waals surface area contributed by atoms with E-state index in [-0.39, 0.29) is 23.9 Å². The molecule has 0 aliphatic carbocycles. The van der Waals surface area contributed by atoms with Crippen molar-refractivity contribution >= 4 is 21.8 Å². The van der Waals surface area contributed by atoms with Gasteiger partial charge in [-0.2, -0.15) is 0 Å². The molecule has 3 aromatic rings. The Morgan fingerprint density at radius 1 is 0.844 bits per heavy atom. The van der Waals surface area contributed by atoms with Crippen LogP contribution in [-0.2, 0) is 11.4 Å². The van der Waals surface area contributed by atoms with Crippen LogP contribution in [0.15, 0.2) is 83.3 Å². The Balaban J connectivity index is 1.98. The Hall–Kier alpha value is -2.59. The van der Waals surface area contributed by atoms with Crippen LogP contribution < -0.4 is 4.74 Å². The zero-order valence-electron chi connectivity index (χ0n) is 19.3. The highest BCUT2D eigenvalue weighted by Crippen LogP contribution is 2.39. The van der Waals surface area contributed by atoms with E-state index in [1.807, 2.05) is 53.4 Å². The molecule has 3 aromatic carbocycles. The van der Waals surface area contributed by atoms with E-state index >= 15 is 0 Å². The smallest absolute Gasteiger partial charge is 0.223 e. The summed E-state index contributed by atoms with van der Waals surface area (Å²) in [5.74, 6) is 0.837. The normalized spacial score (nSPS) is 12.1. The lowest BCUT2D eigenvalue weighted by atomic mass is 9.87. The van der Waals surface area contributed by atoms with Gasteiger partial charge in [-0.05, 0) is 60.8 Å². The number of hydrogen-bond donors (Lipinski definition) is 0. The third-order valence-electron chi connectivity index (χ3n) is 5.58. The summed E-state index contributed by atoms with van der Waals surface area (Å²) in [6.45, 7) is 8.76. The Labute approximate surface area is 200 Å². The molecule has 0 aliphatic rings. The van der Waals surface area contributed by atoms with E-state index in [1.165, 1.54) is 0 Å². The molecule has 0 N–H and O–H groups in total. The average Bonchev–Trinajstić information content (AvgIpc) is 2.77. The number of halogens is 1. The summed E-state index contributed by atoms with van der Waals surface area (Å²) in [5.41, 5.74) is 3.23. The maximum atomic E-state index is 13.4. The van der Waals surface area contributed by atoms with Gasteiger partial charge in [0.25, 0.3) is 0 Å². The number of nitrogens with zero attached hydrogens (tertiary/aromatic N) is 1. The van der Waals surface area contributed by atoms with Gasteiger partial charge in [0, 0.05) is 30.0 Å². The first-order valence-electron chi connectivity index (χ1n) is 11.2. The SMILES string of the molecule is CC(C)N(C(=O)C[C@@H](c1ccccc1)c1cccc(Br)c1OCc1ccccc1)C(C)C. The number of rotatable bonds is 9. The summed E-state index contributed by atoms with van der Waals surface area (Å²) in [5, 5.41) is 0. The molecule has 0 saturated heterocycles. The molecule has 0 heterocycles. The molecule has 3 rings (SSSR count). The predicted molar refractivity (Wildman–Crippen MR) is 135 cm³/mol. The molecule has 0 aliphatic heterocycles. The molecule has 1 atom stereocenters. The van der Waals surface area contributed by atoms with Crippen molar-refractivity contribution in [3.63, 3.8) is 0 Å². The van der Waals surface area contributed by atoms with Crippen molar-refractivity contribution in [2.24, 2.45) is 0 Å². The van der Waals surface area contributed by atoms with E-state index < -0.39 is 0 Å². The van der Waals surface area contributed by atoms with Crippen molar-refractivity contribution in [1.82, 2.24) is 4.90 Å². The lowest BCUT2D eigenvalue weighted by molar-refractivity contribution is -0.135. The van der Waals surface area contributed by atoms with Crippen molar-refractivity contribution in [2.75, 3.05) is 0 Å². The molecule has 1 amide bonds. The monoisotopic (exact) mass is 493 g/mol. The molecular weight excluding hydrogens is 462 g/mol. The van der Waals surface area contributed by atoms with Crippen LogP contribution in [-0.4, -0.2) is 22.9 Å². The van der Waals surface area contributed by atoms with E-state index in [1.54, 1.807) is 0 Å². The predicted octanol–water partition coefficient (Wildman–Crippen LogP) is 7.20. The Morgan fingerprint density at radius 2 is 1.44 bits per heavy atom. The molecule has 168 valence electrons. The molecule has 0 saturated carbocycles. The highest BCUT2D eigenvalue weighted by Gasteiger charge is 2.27. The van der Waals surface area contributed by atoms with Crippen molar-refractivity contribution in [2.45, 2.75) is 58.7 Å². The Kier molecular flexibility index (Phi) is 8.52. The lowest BCUT2D eigenvalue weighted by Crippen LogP contribution is -2.42. The highest BCUT2D eigenvalue weighted by molar-refractivity contribution is 9.10. The minimum Gasteiger partial charge on any atom is -0.487 e. The molecule has 0 radical (unpaired) electrons. The van der Waals surface area contributed by atoms with Crippen LogP contribution >= 0.6 is 15.9 Å². The molecule has 0 fully saturated rings. The maximum absolute atomic E-state index is 13.4. The second kappa shape index (κ2) is 11.3. The lowest BCUT2D eigenvalue weighted by Gasteiger charge is -2.32. The van der Waals surface area contributed by atoms with Gasteiger partial charge in [0.15, 0.2) is 0 Å². The average molecular weight is 494 g/mol. The maximum Gasteiger partial charge on any atom is 0.223 e. The van der Waals surface area contributed by atoms with Gasteiger partial charge >= 0.3 is 0 Å². The fourth-order valence-electron chi connectivity index (χ4n) is 4.23. The van der Waals surface area contributed by atoms with Crippen LogP contribution in [0.1, 0.15) is 56.7 Å². The number of carbonyl (C=O) groups excluding carboxylic acids is 1. The van der Waals surface area contributed by atoms with Crippen molar-refractivity contribution in [3.05, 3.63) is 100 Å². The standard InChI is InChI=1S/C28H32BrNO2/c1-20(2)30(21(3)4)27(31)18-25(23-14-9-6-10-15-23)24-16-11-17-26(29)28(24)32-19-22-12-7-5-8-13-22/h5-17,20-21,25H,18-19H2,1-4H3/t25-/m0/s1. The molecule has 3 nitrogen and oxygen atoms in total. The van der Waals surface area contributed by atoms with Crippen LogP contribution in [0.3, 0.4) is 0 Å². The summed E-state index contributed by atoms with van der Waals surface area (Å²) in [7, 11) is 0. The summed E-state index contributed by atoms with van der Waals surface area (Å²) in [6, 6.07) is 26.7. The van der Waals surface area contributed by atoms with E-state index in [4.69, 9.17) is 4.74 Å². The van der Waals surface area contributed by atoms with Gasteiger partial charge in [0.1, 0.15) is 12.4 Å². The van der Waals surface area contributed by atoms with Crippen LogP contribution in [0.4, 0.5) is 0 Å². The number of ether oxygens (including phenoxy) is 1. The van der Waals surface area contributed by atoms with Crippen molar-refractivity contribution < 1.29 is 9.53 Å². The van der Waals surface area contributed by atoms with Crippen LogP contribution in [0.2, 0.25) is 0 Å². The molecular formula is C28H32BrNO2. The first-order chi connectivity index (χ1) is 15.4. The summed E-state index contributed by atoms with van der Waals surface area (Å²) in [6.07, 6.45) is 0.387. The van der Waals surface area contributed by atoms with Gasteiger partial charge in [-0.1, -0.05) is 72.8 Å². The fourth-order valence-corrected chi connectivity index (χ4v) is 4.72.